The van der Waals surface area contributed by atoms with E-state index in [1.807, 2.05) is 0 Å². The first-order chi connectivity index (χ1) is 10.1. The van der Waals surface area contributed by atoms with Gasteiger partial charge >= 0.3 is 6.03 Å². The Morgan fingerprint density at radius 3 is 2.81 bits per heavy atom. The number of amides is 3. The van der Waals surface area contributed by atoms with Crippen molar-refractivity contribution in [2.75, 3.05) is 18.4 Å². The van der Waals surface area contributed by atoms with E-state index in [2.05, 4.69) is 22.7 Å². The lowest BCUT2D eigenvalue weighted by Crippen LogP contribution is -2.45. The first-order valence-corrected chi connectivity index (χ1v) is 7.37. The lowest BCUT2D eigenvalue weighted by atomic mass is 10.3. The Kier molecular flexibility index (Phi) is 5.19. The lowest BCUT2D eigenvalue weighted by Gasteiger charge is -2.22. The summed E-state index contributed by atoms with van der Waals surface area (Å²) < 4.78 is 4.89. The number of nitrogens with zero attached hydrogens (tertiary/aromatic N) is 2. The largest absolute Gasteiger partial charge is 0.360 e. The molecule has 0 unspecified atom stereocenters. The average Bonchev–Trinajstić information content (AvgIpc) is 3.20. The van der Waals surface area contributed by atoms with Crippen molar-refractivity contribution >= 4 is 17.8 Å². The quantitative estimate of drug-likeness (QED) is 0.752. The van der Waals surface area contributed by atoms with Crippen LogP contribution < -0.4 is 10.6 Å². The van der Waals surface area contributed by atoms with Gasteiger partial charge in [0.2, 0.25) is 5.91 Å². The number of unbranched alkanes of at least 4 members (excludes halogenated alkanes) is 1. The van der Waals surface area contributed by atoms with Crippen molar-refractivity contribution in [1.82, 2.24) is 15.4 Å². The molecule has 0 radical (unpaired) electrons. The molecular weight excluding hydrogens is 272 g/mol. The van der Waals surface area contributed by atoms with E-state index in [4.69, 9.17) is 4.52 Å². The molecule has 0 aromatic carbocycles. The average molecular weight is 294 g/mol. The highest BCUT2D eigenvalue weighted by Crippen LogP contribution is 2.26. The van der Waals surface area contributed by atoms with E-state index in [9.17, 15) is 9.59 Å². The normalized spacial score (nSPS) is 13.8. The Bertz CT molecular complexity index is 496. The first kappa shape index (κ1) is 15.3. The molecule has 0 aliphatic heterocycles. The number of aromatic nitrogens is 1. The summed E-state index contributed by atoms with van der Waals surface area (Å²) in [5.74, 6) is 0.738. The van der Waals surface area contributed by atoms with Gasteiger partial charge in [-0.2, -0.15) is 0 Å². The van der Waals surface area contributed by atoms with Crippen molar-refractivity contribution in [3.05, 3.63) is 11.8 Å². The zero-order valence-electron chi connectivity index (χ0n) is 12.5. The second kappa shape index (κ2) is 7.10. The second-order valence-corrected chi connectivity index (χ2v) is 5.32. The molecule has 116 valence electrons. The fraction of sp³-hybridized carbons (Fsp3) is 0.643. The van der Waals surface area contributed by atoms with E-state index in [1.54, 1.807) is 17.9 Å². The zero-order chi connectivity index (χ0) is 15.2. The number of anilines is 1. The van der Waals surface area contributed by atoms with Crippen molar-refractivity contribution in [2.24, 2.45) is 0 Å². The van der Waals surface area contributed by atoms with Gasteiger partial charge in [-0.3, -0.25) is 4.79 Å². The molecule has 1 heterocycles. The number of nitrogens with one attached hydrogen (secondary N) is 2. The highest BCUT2D eigenvalue weighted by molar-refractivity contribution is 5.93. The molecule has 0 bridgehead atoms. The third-order valence-electron chi connectivity index (χ3n) is 3.26. The molecule has 3 amide bonds. The van der Waals surface area contributed by atoms with Gasteiger partial charge in [-0.1, -0.05) is 18.5 Å². The predicted octanol–water partition coefficient (Wildman–Crippen LogP) is 1.90. The molecule has 1 aliphatic rings. The molecule has 7 heteroatoms. The highest BCUT2D eigenvalue weighted by Gasteiger charge is 2.33. The molecule has 0 spiro atoms. The Labute approximate surface area is 124 Å². The highest BCUT2D eigenvalue weighted by atomic mass is 16.5. The van der Waals surface area contributed by atoms with Crippen molar-refractivity contribution < 1.29 is 14.1 Å². The number of aryl methyl sites for hydroxylation is 1. The van der Waals surface area contributed by atoms with E-state index in [-0.39, 0.29) is 24.5 Å². The number of urea groups is 1. The number of hydrogen-bond donors (Lipinski definition) is 2. The van der Waals surface area contributed by atoms with Gasteiger partial charge in [0.25, 0.3) is 0 Å². The molecule has 1 saturated carbocycles. The molecule has 0 atom stereocenters. The molecule has 2 rings (SSSR count). The molecule has 21 heavy (non-hydrogen) atoms. The summed E-state index contributed by atoms with van der Waals surface area (Å²) in [4.78, 5) is 25.7. The van der Waals surface area contributed by atoms with Gasteiger partial charge < -0.3 is 20.1 Å². The van der Waals surface area contributed by atoms with Crippen LogP contribution in [-0.2, 0) is 4.79 Å². The smallest absolute Gasteiger partial charge is 0.318 e. The number of carbonyl (C=O) groups is 2. The van der Waals surface area contributed by atoms with Gasteiger partial charge in [-0.15, -0.1) is 0 Å². The van der Waals surface area contributed by atoms with Crippen LogP contribution in [0.25, 0.3) is 0 Å². The summed E-state index contributed by atoms with van der Waals surface area (Å²) in [7, 11) is 0. The maximum Gasteiger partial charge on any atom is 0.318 e. The minimum Gasteiger partial charge on any atom is -0.360 e. The Morgan fingerprint density at radius 1 is 1.48 bits per heavy atom. The van der Waals surface area contributed by atoms with Crippen LogP contribution in [-0.4, -0.2) is 41.1 Å². The topological polar surface area (TPSA) is 87.5 Å². The van der Waals surface area contributed by atoms with Crippen molar-refractivity contribution in [3.8, 4) is 0 Å². The zero-order valence-corrected chi connectivity index (χ0v) is 12.5. The number of carbonyl (C=O) groups excluding carboxylic acids is 2. The molecule has 2 N–H and O–H groups in total. The lowest BCUT2D eigenvalue weighted by molar-refractivity contribution is -0.116. The standard InChI is InChI=1S/C14H22N4O3/c1-3-4-7-15-14(20)18(11-5-6-11)9-13(19)16-12-8-10(2)21-17-12/h8,11H,3-7,9H2,1-2H3,(H,15,20)(H,16,17,19). The summed E-state index contributed by atoms with van der Waals surface area (Å²) in [6.07, 6.45) is 3.87. The first-order valence-electron chi connectivity index (χ1n) is 7.37. The molecule has 0 saturated heterocycles. The summed E-state index contributed by atoms with van der Waals surface area (Å²) in [5.41, 5.74) is 0. The van der Waals surface area contributed by atoms with Crippen molar-refractivity contribution in [1.29, 1.82) is 0 Å². The van der Waals surface area contributed by atoms with E-state index in [0.717, 1.165) is 25.7 Å². The number of hydrogen-bond acceptors (Lipinski definition) is 4. The van der Waals surface area contributed by atoms with Gasteiger partial charge in [0, 0.05) is 18.7 Å². The van der Waals surface area contributed by atoms with Gasteiger partial charge in [0.05, 0.1) is 0 Å². The Hall–Kier alpha value is -2.05. The minimum atomic E-state index is -0.263. The van der Waals surface area contributed by atoms with Gasteiger partial charge in [-0.05, 0) is 26.2 Å². The SMILES string of the molecule is CCCCNC(=O)N(CC(=O)Nc1cc(C)on1)C1CC1. The monoisotopic (exact) mass is 294 g/mol. The summed E-state index contributed by atoms with van der Waals surface area (Å²) in [6, 6.07) is 1.65. The van der Waals surface area contributed by atoms with Crippen LogP contribution in [0.2, 0.25) is 0 Å². The molecule has 1 fully saturated rings. The molecule has 1 aliphatic carbocycles. The van der Waals surface area contributed by atoms with E-state index in [1.165, 1.54) is 0 Å². The van der Waals surface area contributed by atoms with Gasteiger partial charge in [0.15, 0.2) is 5.82 Å². The fourth-order valence-corrected chi connectivity index (χ4v) is 1.99. The van der Waals surface area contributed by atoms with E-state index < -0.39 is 0 Å². The van der Waals surface area contributed by atoms with Crippen LogP contribution in [0.3, 0.4) is 0 Å². The summed E-state index contributed by atoms with van der Waals surface area (Å²) in [5, 5.41) is 9.19. The Balaban J connectivity index is 1.84. The maximum absolute atomic E-state index is 12.1. The molecule has 1 aromatic heterocycles. The summed E-state index contributed by atoms with van der Waals surface area (Å²) in [6.45, 7) is 4.50. The van der Waals surface area contributed by atoms with Gasteiger partial charge in [0.1, 0.15) is 12.3 Å². The van der Waals surface area contributed by atoms with Crippen LogP contribution in [0.15, 0.2) is 10.6 Å². The second-order valence-electron chi connectivity index (χ2n) is 5.32. The maximum atomic E-state index is 12.1. The van der Waals surface area contributed by atoms with Crippen molar-refractivity contribution in [2.45, 2.75) is 45.6 Å². The van der Waals surface area contributed by atoms with E-state index >= 15 is 0 Å². The van der Waals surface area contributed by atoms with Crippen LogP contribution in [0.4, 0.5) is 10.6 Å². The Morgan fingerprint density at radius 2 is 2.24 bits per heavy atom. The van der Waals surface area contributed by atoms with Crippen LogP contribution in [0, 0.1) is 6.92 Å². The van der Waals surface area contributed by atoms with Crippen LogP contribution in [0.5, 0.6) is 0 Å². The van der Waals surface area contributed by atoms with Crippen molar-refractivity contribution in [3.63, 3.8) is 0 Å². The third-order valence-corrected chi connectivity index (χ3v) is 3.26. The predicted molar refractivity (Wildman–Crippen MR) is 77.9 cm³/mol. The van der Waals surface area contributed by atoms with E-state index in [0.29, 0.717) is 18.1 Å². The number of rotatable bonds is 7. The summed E-state index contributed by atoms with van der Waals surface area (Å²) >= 11 is 0. The minimum absolute atomic E-state index is 0.0362. The molecule has 1 aromatic rings. The fourth-order valence-electron chi connectivity index (χ4n) is 1.99. The molecule has 7 nitrogen and oxygen atoms in total. The van der Waals surface area contributed by atoms with Crippen LogP contribution in [0.1, 0.15) is 38.4 Å². The molecular formula is C14H22N4O3. The van der Waals surface area contributed by atoms with Crippen LogP contribution >= 0.6 is 0 Å². The van der Waals surface area contributed by atoms with Gasteiger partial charge in [-0.25, -0.2) is 4.79 Å². The third kappa shape index (κ3) is 4.77.